The van der Waals surface area contributed by atoms with Gasteiger partial charge in [-0.2, -0.15) is 0 Å². The zero-order valence-electron chi connectivity index (χ0n) is 24.4. The number of aromatic nitrogens is 1. The van der Waals surface area contributed by atoms with Crippen LogP contribution in [0.25, 0.3) is 5.57 Å². The number of aryl methyl sites for hydroxylation is 3. The first kappa shape index (κ1) is 30.1. The average Bonchev–Trinajstić information content (AvgIpc) is 3.75. The Labute approximate surface area is 245 Å². The minimum absolute atomic E-state index is 0.179. The van der Waals surface area contributed by atoms with E-state index in [1.807, 2.05) is 6.92 Å². The number of aliphatic imine (C=N–C) groups is 1. The molecule has 4 rings (SSSR count). The molecule has 1 aliphatic rings. The molecular formula is C35H43ClFN3. The summed E-state index contributed by atoms with van der Waals surface area (Å²) >= 11 is 5.91. The Hall–Kier alpha value is -2.82. The van der Waals surface area contributed by atoms with Gasteiger partial charge in [0.15, 0.2) is 0 Å². The topological polar surface area (TPSA) is 37.3 Å². The van der Waals surface area contributed by atoms with Crippen LogP contribution in [0.2, 0.25) is 5.02 Å². The van der Waals surface area contributed by atoms with Crippen molar-refractivity contribution in [1.82, 2.24) is 10.3 Å². The minimum atomic E-state index is -0.246. The number of benzene rings is 2. The molecule has 1 aliphatic carbocycles. The van der Waals surface area contributed by atoms with Crippen molar-refractivity contribution in [3.8, 4) is 0 Å². The Morgan fingerprint density at radius 2 is 1.90 bits per heavy atom. The van der Waals surface area contributed by atoms with E-state index in [-0.39, 0.29) is 11.9 Å². The fraction of sp³-hybridized carbons (Fsp3) is 0.429. The van der Waals surface area contributed by atoms with Crippen molar-refractivity contribution in [1.29, 1.82) is 0 Å². The van der Waals surface area contributed by atoms with Crippen LogP contribution in [0.15, 0.2) is 66.2 Å². The molecule has 1 N–H and O–H groups in total. The van der Waals surface area contributed by atoms with Gasteiger partial charge in [-0.25, -0.2) is 4.39 Å². The number of hydrogen-bond acceptors (Lipinski definition) is 3. The summed E-state index contributed by atoms with van der Waals surface area (Å²) in [6, 6.07) is 17.7. The molecule has 1 fully saturated rings. The predicted octanol–water partition coefficient (Wildman–Crippen LogP) is 9.44. The Bertz CT molecular complexity index is 1340. The highest BCUT2D eigenvalue weighted by atomic mass is 35.5. The van der Waals surface area contributed by atoms with Crippen molar-refractivity contribution in [2.45, 2.75) is 84.6 Å². The molecule has 0 radical (unpaired) electrons. The van der Waals surface area contributed by atoms with Crippen LogP contribution < -0.4 is 5.32 Å². The molecule has 40 heavy (non-hydrogen) atoms. The van der Waals surface area contributed by atoms with Crippen LogP contribution in [0, 0.1) is 18.7 Å². The van der Waals surface area contributed by atoms with E-state index in [0.717, 1.165) is 64.8 Å². The first-order valence-electron chi connectivity index (χ1n) is 14.6. The van der Waals surface area contributed by atoms with Crippen molar-refractivity contribution in [3.63, 3.8) is 0 Å². The van der Waals surface area contributed by atoms with Gasteiger partial charge in [-0.05, 0) is 125 Å². The Balaban J connectivity index is 1.36. The summed E-state index contributed by atoms with van der Waals surface area (Å²) in [5.74, 6) is 1.05. The number of pyridine rings is 1. The standard InChI is InChI=1S/C35H43ClFN3/c1-23(2)30-15-18-34(24(3)21-30)39-26(5)25(4)38-20-19-29(12-11-27-9-10-27)35-8-6-7-32(40-35)17-14-28-13-16-31(36)22-33(28)37/h6-8,13,15-16,18,21-22,25,27,29,38H,1,9-12,14,17,19-20H2,2-5H3. The van der Waals surface area contributed by atoms with Crippen molar-refractivity contribution < 1.29 is 4.39 Å². The zero-order chi connectivity index (χ0) is 28.6. The smallest absolute Gasteiger partial charge is 0.127 e. The zero-order valence-corrected chi connectivity index (χ0v) is 25.2. The Morgan fingerprint density at radius 3 is 2.60 bits per heavy atom. The molecule has 3 aromatic rings. The second kappa shape index (κ2) is 14.2. The van der Waals surface area contributed by atoms with Gasteiger partial charge in [0, 0.05) is 34.1 Å². The SMILES string of the molecule is C=C(C)c1ccc(N=C(C)C(C)NCCC(CCC2CC2)c2cccc(CCc3ccc(Cl)cc3F)n2)c(C)c1. The van der Waals surface area contributed by atoms with E-state index in [1.54, 1.807) is 12.1 Å². The summed E-state index contributed by atoms with van der Waals surface area (Å²) in [5, 5.41) is 4.13. The number of rotatable bonds is 14. The molecule has 0 bridgehead atoms. The maximum atomic E-state index is 14.3. The normalized spacial score (nSPS) is 15.2. The van der Waals surface area contributed by atoms with E-state index in [4.69, 9.17) is 21.6 Å². The monoisotopic (exact) mass is 559 g/mol. The molecule has 5 heteroatoms. The van der Waals surface area contributed by atoms with Crippen LogP contribution in [0.3, 0.4) is 0 Å². The number of allylic oxidation sites excluding steroid dienone is 1. The number of hydrogen-bond donors (Lipinski definition) is 1. The highest BCUT2D eigenvalue weighted by molar-refractivity contribution is 6.30. The van der Waals surface area contributed by atoms with E-state index in [1.165, 1.54) is 25.3 Å². The molecule has 2 atom stereocenters. The predicted molar refractivity (Wildman–Crippen MR) is 168 cm³/mol. The van der Waals surface area contributed by atoms with Gasteiger partial charge < -0.3 is 5.32 Å². The number of halogens is 2. The quantitative estimate of drug-likeness (QED) is 0.200. The second-order valence-electron chi connectivity index (χ2n) is 11.5. The summed E-state index contributed by atoms with van der Waals surface area (Å²) in [6.07, 6.45) is 7.50. The molecule has 1 heterocycles. The highest BCUT2D eigenvalue weighted by Gasteiger charge is 2.24. The molecule has 0 spiro atoms. The van der Waals surface area contributed by atoms with Crippen LogP contribution in [-0.4, -0.2) is 23.3 Å². The first-order chi connectivity index (χ1) is 19.2. The summed E-state index contributed by atoms with van der Waals surface area (Å²) in [7, 11) is 0. The lowest BCUT2D eigenvalue weighted by Gasteiger charge is -2.20. The van der Waals surface area contributed by atoms with E-state index < -0.39 is 0 Å². The highest BCUT2D eigenvalue weighted by Crippen LogP contribution is 2.37. The minimum Gasteiger partial charge on any atom is -0.309 e. The maximum Gasteiger partial charge on any atom is 0.127 e. The van der Waals surface area contributed by atoms with Gasteiger partial charge in [-0.3, -0.25) is 9.98 Å². The number of nitrogens with zero attached hydrogens (tertiary/aromatic N) is 2. The third kappa shape index (κ3) is 8.84. The van der Waals surface area contributed by atoms with E-state index in [9.17, 15) is 4.39 Å². The van der Waals surface area contributed by atoms with Gasteiger partial charge in [0.05, 0.1) is 5.69 Å². The largest absolute Gasteiger partial charge is 0.309 e. The molecule has 2 aromatic carbocycles. The third-order valence-corrected chi connectivity index (χ3v) is 8.32. The summed E-state index contributed by atoms with van der Waals surface area (Å²) < 4.78 is 14.3. The third-order valence-electron chi connectivity index (χ3n) is 8.09. The molecule has 212 valence electrons. The van der Waals surface area contributed by atoms with Crippen LogP contribution >= 0.6 is 11.6 Å². The Kier molecular flexibility index (Phi) is 10.7. The van der Waals surface area contributed by atoms with Crippen LogP contribution in [0.1, 0.15) is 86.9 Å². The van der Waals surface area contributed by atoms with Gasteiger partial charge in [0.2, 0.25) is 0 Å². The molecule has 0 aliphatic heterocycles. The van der Waals surface area contributed by atoms with Gasteiger partial charge in [0.1, 0.15) is 5.82 Å². The lowest BCUT2D eigenvalue weighted by Crippen LogP contribution is -2.33. The summed E-state index contributed by atoms with van der Waals surface area (Å²) in [6.45, 7) is 13.4. The maximum absolute atomic E-state index is 14.3. The van der Waals surface area contributed by atoms with Gasteiger partial charge in [-0.1, -0.05) is 54.8 Å². The molecular weight excluding hydrogens is 517 g/mol. The molecule has 0 amide bonds. The molecule has 1 saturated carbocycles. The van der Waals surface area contributed by atoms with Gasteiger partial charge in [0.25, 0.3) is 0 Å². The average molecular weight is 560 g/mol. The van der Waals surface area contributed by atoms with Gasteiger partial charge in [-0.15, -0.1) is 0 Å². The Morgan fingerprint density at radius 1 is 1.10 bits per heavy atom. The van der Waals surface area contributed by atoms with E-state index in [2.05, 4.69) is 69.1 Å². The lowest BCUT2D eigenvalue weighted by molar-refractivity contribution is 0.491. The fourth-order valence-electron chi connectivity index (χ4n) is 5.09. The van der Waals surface area contributed by atoms with Crippen molar-refractivity contribution in [2.75, 3.05) is 6.54 Å². The molecule has 0 saturated heterocycles. The molecule has 1 aromatic heterocycles. The van der Waals surface area contributed by atoms with E-state index >= 15 is 0 Å². The van der Waals surface area contributed by atoms with Crippen molar-refractivity contribution >= 4 is 28.6 Å². The molecule has 2 unspecified atom stereocenters. The van der Waals surface area contributed by atoms with Crippen LogP contribution in [0.5, 0.6) is 0 Å². The first-order valence-corrected chi connectivity index (χ1v) is 15.0. The summed E-state index contributed by atoms with van der Waals surface area (Å²) in [4.78, 5) is 9.97. The van der Waals surface area contributed by atoms with Crippen molar-refractivity contribution in [3.05, 3.63) is 100 Å². The fourth-order valence-corrected chi connectivity index (χ4v) is 5.25. The van der Waals surface area contributed by atoms with Crippen molar-refractivity contribution in [2.24, 2.45) is 10.9 Å². The van der Waals surface area contributed by atoms with Crippen LogP contribution in [-0.2, 0) is 12.8 Å². The molecule has 3 nitrogen and oxygen atoms in total. The van der Waals surface area contributed by atoms with Gasteiger partial charge >= 0.3 is 0 Å². The van der Waals surface area contributed by atoms with Crippen LogP contribution in [0.4, 0.5) is 10.1 Å². The second-order valence-corrected chi connectivity index (χ2v) is 11.9. The lowest BCUT2D eigenvalue weighted by atomic mass is 9.93. The number of nitrogens with one attached hydrogen (secondary N) is 1. The van der Waals surface area contributed by atoms with E-state index in [0.29, 0.717) is 29.3 Å². The summed E-state index contributed by atoms with van der Waals surface area (Å²) in [5.41, 5.74) is 8.33.